The van der Waals surface area contributed by atoms with E-state index in [0.717, 1.165) is 37.3 Å². The van der Waals surface area contributed by atoms with Crippen molar-refractivity contribution in [3.05, 3.63) is 41.2 Å². The first kappa shape index (κ1) is 15.5. The second kappa shape index (κ2) is 6.37. The maximum atomic E-state index is 11.5. The van der Waals surface area contributed by atoms with Crippen LogP contribution >= 0.6 is 0 Å². The van der Waals surface area contributed by atoms with Gasteiger partial charge in [0.05, 0.1) is 18.7 Å². The first-order valence-corrected chi connectivity index (χ1v) is 7.66. The van der Waals surface area contributed by atoms with Crippen molar-refractivity contribution >= 4 is 11.9 Å². The summed E-state index contributed by atoms with van der Waals surface area (Å²) in [6.07, 6.45) is 2.15. The average Bonchev–Trinajstić information content (AvgIpc) is 3.14. The molecule has 0 radical (unpaired) electrons. The number of carbonyl (C=O) groups excluding carboxylic acids is 1. The second-order valence-electron chi connectivity index (χ2n) is 5.77. The minimum absolute atomic E-state index is 0.193. The fourth-order valence-electron chi connectivity index (χ4n) is 2.96. The minimum Gasteiger partial charge on any atom is -0.465 e. The molecule has 23 heavy (non-hydrogen) atoms. The zero-order valence-corrected chi connectivity index (χ0v) is 13.4. The molecule has 1 fully saturated rings. The number of methoxy groups -OCH3 is 1. The number of carbonyl (C=O) groups is 1. The summed E-state index contributed by atoms with van der Waals surface area (Å²) in [5.74, 6) is 0.909. The summed E-state index contributed by atoms with van der Waals surface area (Å²) in [7, 11) is 3.19. The molecule has 1 aromatic carbocycles. The van der Waals surface area contributed by atoms with Crippen LogP contribution in [0.5, 0.6) is 0 Å². The lowest BCUT2D eigenvalue weighted by Gasteiger charge is -2.22. The molecule has 122 valence electrons. The van der Waals surface area contributed by atoms with Gasteiger partial charge in [0.25, 0.3) is 0 Å². The van der Waals surface area contributed by atoms with Gasteiger partial charge in [0.15, 0.2) is 5.82 Å². The van der Waals surface area contributed by atoms with E-state index in [9.17, 15) is 4.79 Å². The molecule has 7 nitrogen and oxygen atoms in total. The topological polar surface area (TPSA) is 86.3 Å². The second-order valence-corrected chi connectivity index (χ2v) is 5.77. The van der Waals surface area contributed by atoms with E-state index in [1.165, 1.54) is 7.11 Å². The van der Waals surface area contributed by atoms with Crippen LogP contribution in [0.4, 0.5) is 5.95 Å². The third kappa shape index (κ3) is 3.19. The fourth-order valence-corrected chi connectivity index (χ4v) is 2.96. The van der Waals surface area contributed by atoms with Gasteiger partial charge in [-0.2, -0.15) is 10.1 Å². The van der Waals surface area contributed by atoms with Crippen molar-refractivity contribution in [1.29, 1.82) is 0 Å². The molecule has 2 aromatic rings. The molecular formula is C16H21N5O2. The summed E-state index contributed by atoms with van der Waals surface area (Å²) in [5, 5.41) is 4.41. The monoisotopic (exact) mass is 315 g/mol. The van der Waals surface area contributed by atoms with Crippen molar-refractivity contribution in [2.75, 3.05) is 19.4 Å². The minimum atomic E-state index is -0.316. The summed E-state index contributed by atoms with van der Waals surface area (Å²) in [6, 6.07) is 7.70. The SMILES string of the molecule is COC(=O)c1ccc(CN2CCCC2c2nc(N)n(C)n2)cc1. The summed E-state index contributed by atoms with van der Waals surface area (Å²) in [6.45, 7) is 1.80. The number of aryl methyl sites for hydroxylation is 1. The summed E-state index contributed by atoms with van der Waals surface area (Å²) in [4.78, 5) is 18.2. The maximum Gasteiger partial charge on any atom is 0.337 e. The van der Waals surface area contributed by atoms with Crippen LogP contribution in [-0.2, 0) is 18.3 Å². The lowest BCUT2D eigenvalue weighted by Crippen LogP contribution is -2.23. The van der Waals surface area contributed by atoms with E-state index in [1.807, 2.05) is 12.1 Å². The Morgan fingerprint density at radius 1 is 1.39 bits per heavy atom. The largest absolute Gasteiger partial charge is 0.465 e. The Bertz CT molecular complexity index is 675. The molecule has 1 aliphatic heterocycles. The number of likely N-dealkylation sites (tertiary alicyclic amines) is 1. The summed E-state index contributed by atoms with van der Waals surface area (Å²) < 4.78 is 6.33. The molecule has 1 saturated heterocycles. The molecule has 2 N–H and O–H groups in total. The lowest BCUT2D eigenvalue weighted by atomic mass is 10.1. The van der Waals surface area contributed by atoms with Gasteiger partial charge in [-0.25, -0.2) is 9.48 Å². The molecule has 0 aliphatic carbocycles. The van der Waals surface area contributed by atoms with Crippen LogP contribution in [0.1, 0.15) is 40.6 Å². The Morgan fingerprint density at radius 2 is 2.13 bits per heavy atom. The number of nitrogen functional groups attached to an aromatic ring is 1. The number of ether oxygens (including phenoxy) is 1. The summed E-state index contributed by atoms with van der Waals surface area (Å²) >= 11 is 0. The Balaban J connectivity index is 1.72. The van der Waals surface area contributed by atoms with Gasteiger partial charge in [-0.15, -0.1) is 0 Å². The first-order chi connectivity index (χ1) is 11.1. The van der Waals surface area contributed by atoms with E-state index >= 15 is 0 Å². The van der Waals surface area contributed by atoms with Gasteiger partial charge in [-0.3, -0.25) is 4.90 Å². The van der Waals surface area contributed by atoms with Crippen molar-refractivity contribution in [3.8, 4) is 0 Å². The molecule has 1 aliphatic rings. The standard InChI is InChI=1S/C16H21N5O2/c1-20-16(17)18-14(19-20)13-4-3-9-21(13)10-11-5-7-12(8-6-11)15(22)23-2/h5-8,13H,3-4,9-10H2,1-2H3,(H2,17,18,19). The number of esters is 1. The van der Waals surface area contributed by atoms with Crippen molar-refractivity contribution < 1.29 is 9.53 Å². The number of hydrogen-bond donors (Lipinski definition) is 1. The number of anilines is 1. The van der Waals surface area contributed by atoms with E-state index < -0.39 is 0 Å². The van der Waals surface area contributed by atoms with E-state index in [1.54, 1.807) is 23.9 Å². The first-order valence-electron chi connectivity index (χ1n) is 7.66. The number of benzene rings is 1. The Hall–Kier alpha value is -2.41. The molecule has 1 aromatic heterocycles. The van der Waals surface area contributed by atoms with Crippen LogP contribution in [0.25, 0.3) is 0 Å². The molecule has 1 unspecified atom stereocenters. The van der Waals surface area contributed by atoms with E-state index in [4.69, 9.17) is 10.5 Å². The van der Waals surface area contributed by atoms with E-state index in [0.29, 0.717) is 11.5 Å². The summed E-state index contributed by atoms with van der Waals surface area (Å²) in [5.41, 5.74) is 7.50. The number of hydrogen-bond acceptors (Lipinski definition) is 6. The van der Waals surface area contributed by atoms with Crippen LogP contribution in [0, 0.1) is 0 Å². The molecule has 0 amide bonds. The number of nitrogens with zero attached hydrogens (tertiary/aromatic N) is 4. The highest BCUT2D eigenvalue weighted by Gasteiger charge is 2.29. The number of aromatic nitrogens is 3. The molecule has 1 atom stereocenters. The number of nitrogens with two attached hydrogens (primary N) is 1. The predicted molar refractivity (Wildman–Crippen MR) is 85.6 cm³/mol. The van der Waals surface area contributed by atoms with E-state index in [2.05, 4.69) is 15.0 Å². The van der Waals surface area contributed by atoms with Gasteiger partial charge in [0, 0.05) is 13.6 Å². The van der Waals surface area contributed by atoms with Crippen LogP contribution < -0.4 is 5.73 Å². The van der Waals surface area contributed by atoms with E-state index in [-0.39, 0.29) is 12.0 Å². The van der Waals surface area contributed by atoms with Crippen LogP contribution in [-0.4, -0.2) is 39.3 Å². The van der Waals surface area contributed by atoms with Gasteiger partial charge >= 0.3 is 5.97 Å². The van der Waals surface area contributed by atoms with Gasteiger partial charge in [-0.05, 0) is 37.1 Å². The fraction of sp³-hybridized carbons (Fsp3) is 0.438. The molecule has 0 bridgehead atoms. The van der Waals surface area contributed by atoms with Crippen molar-refractivity contribution in [2.45, 2.75) is 25.4 Å². The van der Waals surface area contributed by atoms with Crippen LogP contribution in [0.2, 0.25) is 0 Å². The molecule has 0 spiro atoms. The lowest BCUT2D eigenvalue weighted by molar-refractivity contribution is 0.0600. The van der Waals surface area contributed by atoms with Crippen molar-refractivity contribution in [2.24, 2.45) is 7.05 Å². The van der Waals surface area contributed by atoms with Gasteiger partial charge < -0.3 is 10.5 Å². The Morgan fingerprint density at radius 3 is 2.74 bits per heavy atom. The third-order valence-electron chi connectivity index (χ3n) is 4.24. The molecule has 0 saturated carbocycles. The van der Waals surface area contributed by atoms with Gasteiger partial charge in [0.1, 0.15) is 0 Å². The Labute approximate surface area is 135 Å². The molecule has 7 heteroatoms. The molecule has 2 heterocycles. The Kier molecular flexibility index (Phi) is 4.29. The van der Waals surface area contributed by atoms with Crippen LogP contribution in [0.15, 0.2) is 24.3 Å². The maximum absolute atomic E-state index is 11.5. The highest BCUT2D eigenvalue weighted by Crippen LogP contribution is 2.31. The molecule has 3 rings (SSSR count). The zero-order chi connectivity index (χ0) is 16.4. The highest BCUT2D eigenvalue weighted by molar-refractivity contribution is 5.89. The highest BCUT2D eigenvalue weighted by atomic mass is 16.5. The normalized spacial score (nSPS) is 18.3. The van der Waals surface area contributed by atoms with Crippen LogP contribution in [0.3, 0.4) is 0 Å². The van der Waals surface area contributed by atoms with Gasteiger partial charge in [0.2, 0.25) is 5.95 Å². The third-order valence-corrected chi connectivity index (χ3v) is 4.24. The van der Waals surface area contributed by atoms with Gasteiger partial charge in [-0.1, -0.05) is 12.1 Å². The zero-order valence-electron chi connectivity index (χ0n) is 13.4. The van der Waals surface area contributed by atoms with Crippen molar-refractivity contribution in [3.63, 3.8) is 0 Å². The molecular weight excluding hydrogens is 294 g/mol. The smallest absolute Gasteiger partial charge is 0.337 e. The number of rotatable bonds is 4. The predicted octanol–water partition coefficient (Wildman–Crippen LogP) is 1.52. The quantitative estimate of drug-likeness (QED) is 0.861. The average molecular weight is 315 g/mol. The van der Waals surface area contributed by atoms with Crippen molar-refractivity contribution in [1.82, 2.24) is 19.7 Å².